The van der Waals surface area contributed by atoms with Gasteiger partial charge in [-0.25, -0.2) is 4.39 Å². The molecule has 7 heteroatoms. The Bertz CT molecular complexity index is 1600. The number of H-pyrrole nitrogens is 1. The summed E-state index contributed by atoms with van der Waals surface area (Å²) in [6, 6.07) is 17.0. The number of aromatic amines is 1. The first-order chi connectivity index (χ1) is 16.5. The summed E-state index contributed by atoms with van der Waals surface area (Å²) in [5.41, 5.74) is 6.02. The van der Waals surface area contributed by atoms with Gasteiger partial charge in [-0.05, 0) is 48.0 Å². The monoisotopic (exact) mass is 467 g/mol. The number of benzene rings is 2. The van der Waals surface area contributed by atoms with Crippen LogP contribution < -0.4 is 5.32 Å². The first-order valence-electron chi connectivity index (χ1n) is 10.6. The minimum Gasteiger partial charge on any atom is -0.381 e. The molecule has 2 N–H and O–H groups in total. The zero-order valence-corrected chi connectivity index (χ0v) is 18.8. The molecule has 0 bridgehead atoms. The van der Waals surface area contributed by atoms with E-state index in [0.717, 1.165) is 33.1 Å². The summed E-state index contributed by atoms with van der Waals surface area (Å²) in [4.78, 5) is 11.8. The normalized spacial score (nSPS) is 11.0. The van der Waals surface area contributed by atoms with Crippen molar-refractivity contribution >= 4 is 39.1 Å². The van der Waals surface area contributed by atoms with Crippen LogP contribution in [0.1, 0.15) is 27.9 Å². The number of rotatable bonds is 6. The van der Waals surface area contributed by atoms with E-state index in [1.165, 1.54) is 6.07 Å². The summed E-state index contributed by atoms with van der Waals surface area (Å²) in [5.74, 6) is -0.313. The molecule has 166 valence electrons. The third-order valence-corrected chi connectivity index (χ3v) is 6.03. The molecule has 5 aromatic rings. The minimum absolute atomic E-state index is 0.276. The fraction of sp³-hybridized carbons (Fsp3) is 0.0741. The Morgan fingerprint density at radius 2 is 2.03 bits per heavy atom. The lowest BCUT2D eigenvalue weighted by Crippen LogP contribution is -2.12. The standard InChI is InChI=1S/C27H19ClFN5/c1-16(32-14-21-10-23-24(28)15-34-27(23)11-25(21)29)19-4-5-31-22(9-19)8-17-2-3-26-20(6-17)7-18(12-30)13-33-26/h2-7,9-11,13,15,32,34H,1,8,14H2. The number of pyridine rings is 2. The second kappa shape index (κ2) is 8.97. The van der Waals surface area contributed by atoms with Gasteiger partial charge in [0.25, 0.3) is 0 Å². The topological polar surface area (TPSA) is 77.4 Å². The van der Waals surface area contributed by atoms with Gasteiger partial charge in [0.15, 0.2) is 0 Å². The number of hydrogen-bond donors (Lipinski definition) is 2. The van der Waals surface area contributed by atoms with E-state index >= 15 is 0 Å². The molecule has 0 spiro atoms. The molecule has 0 saturated heterocycles. The molecule has 5 nitrogen and oxygen atoms in total. The van der Waals surface area contributed by atoms with Gasteiger partial charge in [0, 0.05) is 70.4 Å². The number of fused-ring (bicyclic) bond motifs is 2. The third-order valence-electron chi connectivity index (χ3n) is 5.72. The molecule has 5 rings (SSSR count). The van der Waals surface area contributed by atoms with E-state index in [0.29, 0.717) is 33.8 Å². The largest absolute Gasteiger partial charge is 0.381 e. The molecule has 34 heavy (non-hydrogen) atoms. The lowest BCUT2D eigenvalue weighted by atomic mass is 10.0. The Kier molecular flexibility index (Phi) is 5.70. The Balaban J connectivity index is 1.31. The smallest absolute Gasteiger partial charge is 0.130 e. The Hall–Kier alpha value is -4.21. The lowest BCUT2D eigenvalue weighted by molar-refractivity contribution is 0.607. The number of nitrogens with one attached hydrogen (secondary N) is 2. The van der Waals surface area contributed by atoms with Crippen molar-refractivity contribution in [3.8, 4) is 6.07 Å². The first kappa shape index (κ1) is 21.6. The Labute approximate surface area is 200 Å². The van der Waals surface area contributed by atoms with Gasteiger partial charge in [0.05, 0.1) is 16.1 Å². The van der Waals surface area contributed by atoms with E-state index in [2.05, 4.69) is 32.9 Å². The highest BCUT2D eigenvalue weighted by molar-refractivity contribution is 6.35. The quantitative estimate of drug-likeness (QED) is 0.315. The van der Waals surface area contributed by atoms with Gasteiger partial charge < -0.3 is 10.3 Å². The van der Waals surface area contributed by atoms with Gasteiger partial charge in [-0.1, -0.05) is 24.2 Å². The second-order valence-corrected chi connectivity index (χ2v) is 8.44. The van der Waals surface area contributed by atoms with Crippen molar-refractivity contribution in [1.29, 1.82) is 5.26 Å². The van der Waals surface area contributed by atoms with Gasteiger partial charge in [-0.3, -0.25) is 9.97 Å². The van der Waals surface area contributed by atoms with Gasteiger partial charge in [-0.2, -0.15) is 5.26 Å². The summed E-state index contributed by atoms with van der Waals surface area (Å²) < 4.78 is 14.5. The van der Waals surface area contributed by atoms with Gasteiger partial charge >= 0.3 is 0 Å². The second-order valence-electron chi connectivity index (χ2n) is 8.03. The summed E-state index contributed by atoms with van der Waals surface area (Å²) >= 11 is 6.17. The molecule has 3 heterocycles. The van der Waals surface area contributed by atoms with Crippen LogP contribution in [0.5, 0.6) is 0 Å². The molecule has 0 unspecified atom stereocenters. The molecule has 3 aromatic heterocycles. The van der Waals surface area contributed by atoms with Gasteiger partial charge in [0.2, 0.25) is 0 Å². The maximum absolute atomic E-state index is 14.5. The predicted molar refractivity (Wildman–Crippen MR) is 133 cm³/mol. The van der Waals surface area contributed by atoms with Crippen LogP contribution in [0, 0.1) is 17.1 Å². The zero-order chi connectivity index (χ0) is 23.7. The molecule has 0 radical (unpaired) electrons. The van der Waals surface area contributed by atoms with Gasteiger partial charge in [0.1, 0.15) is 11.9 Å². The van der Waals surface area contributed by atoms with E-state index < -0.39 is 0 Å². The highest BCUT2D eigenvalue weighted by Gasteiger charge is 2.10. The third kappa shape index (κ3) is 4.34. The van der Waals surface area contributed by atoms with Crippen molar-refractivity contribution < 1.29 is 4.39 Å². The molecule has 0 saturated carbocycles. The summed E-state index contributed by atoms with van der Waals surface area (Å²) in [7, 11) is 0. The van der Waals surface area contributed by atoms with E-state index in [1.54, 1.807) is 24.7 Å². The van der Waals surface area contributed by atoms with E-state index in [4.69, 9.17) is 16.9 Å². The molecule has 0 atom stereocenters. The maximum atomic E-state index is 14.5. The minimum atomic E-state index is -0.313. The fourth-order valence-electron chi connectivity index (χ4n) is 3.92. The van der Waals surface area contributed by atoms with Crippen molar-refractivity contribution in [3.05, 3.63) is 112 Å². The van der Waals surface area contributed by atoms with Crippen LogP contribution in [0.25, 0.3) is 27.5 Å². The van der Waals surface area contributed by atoms with Crippen molar-refractivity contribution in [1.82, 2.24) is 20.3 Å². The highest BCUT2D eigenvalue weighted by atomic mass is 35.5. The molecule has 2 aromatic carbocycles. The molecule has 0 aliphatic rings. The van der Waals surface area contributed by atoms with Crippen LogP contribution >= 0.6 is 11.6 Å². The first-order valence-corrected chi connectivity index (χ1v) is 11.0. The highest BCUT2D eigenvalue weighted by Crippen LogP contribution is 2.26. The molecule has 0 amide bonds. The maximum Gasteiger partial charge on any atom is 0.130 e. The molecule has 0 aliphatic carbocycles. The van der Waals surface area contributed by atoms with Crippen LogP contribution in [0.2, 0.25) is 5.02 Å². The Morgan fingerprint density at radius 3 is 2.88 bits per heavy atom. The Morgan fingerprint density at radius 1 is 1.15 bits per heavy atom. The van der Waals surface area contributed by atoms with Crippen molar-refractivity contribution in [2.75, 3.05) is 0 Å². The van der Waals surface area contributed by atoms with E-state index in [-0.39, 0.29) is 12.4 Å². The average Bonchev–Trinajstić information content (AvgIpc) is 3.21. The average molecular weight is 468 g/mol. The fourth-order valence-corrected chi connectivity index (χ4v) is 4.13. The lowest BCUT2D eigenvalue weighted by Gasteiger charge is -2.12. The van der Waals surface area contributed by atoms with Crippen LogP contribution in [0.15, 0.2) is 73.7 Å². The van der Waals surface area contributed by atoms with Crippen LogP contribution in [0.4, 0.5) is 4.39 Å². The van der Waals surface area contributed by atoms with Crippen molar-refractivity contribution in [2.24, 2.45) is 0 Å². The van der Waals surface area contributed by atoms with E-state index in [9.17, 15) is 4.39 Å². The summed E-state index contributed by atoms with van der Waals surface area (Å²) in [5, 5.41) is 14.6. The van der Waals surface area contributed by atoms with Crippen molar-refractivity contribution in [2.45, 2.75) is 13.0 Å². The summed E-state index contributed by atoms with van der Waals surface area (Å²) in [6.45, 7) is 4.39. The van der Waals surface area contributed by atoms with Gasteiger partial charge in [-0.15, -0.1) is 0 Å². The molecule has 0 aliphatic heterocycles. The van der Waals surface area contributed by atoms with E-state index in [1.807, 2.05) is 36.4 Å². The van der Waals surface area contributed by atoms with Crippen LogP contribution in [-0.2, 0) is 13.0 Å². The van der Waals surface area contributed by atoms with Crippen LogP contribution in [-0.4, -0.2) is 15.0 Å². The number of nitrogens with zero attached hydrogens (tertiary/aromatic N) is 3. The van der Waals surface area contributed by atoms with Crippen molar-refractivity contribution in [3.63, 3.8) is 0 Å². The zero-order valence-electron chi connectivity index (χ0n) is 18.1. The van der Waals surface area contributed by atoms with Crippen LogP contribution in [0.3, 0.4) is 0 Å². The molecule has 0 fully saturated rings. The molecular formula is C27H19ClFN5. The predicted octanol–water partition coefficient (Wildman–Crippen LogP) is 6.13. The number of hydrogen-bond acceptors (Lipinski definition) is 4. The number of halogens is 2. The number of aromatic nitrogens is 3. The number of nitriles is 1. The SMILES string of the molecule is C=C(NCc1cc2c(Cl)c[nH]c2cc1F)c1ccnc(Cc2ccc3ncc(C#N)cc3c2)c1. The molecular weight excluding hydrogens is 449 g/mol. The summed E-state index contributed by atoms with van der Waals surface area (Å²) in [6.07, 6.45) is 5.57.